The zero-order valence-electron chi connectivity index (χ0n) is 19.6. The van der Waals surface area contributed by atoms with Crippen LogP contribution in [0.3, 0.4) is 0 Å². The highest BCUT2D eigenvalue weighted by Gasteiger charge is 2.14. The van der Waals surface area contributed by atoms with Gasteiger partial charge in [0.15, 0.2) is 0 Å². The lowest BCUT2D eigenvalue weighted by Crippen LogP contribution is -2.13. The smallest absolute Gasteiger partial charge is 0.280 e. The molecule has 176 valence electrons. The number of rotatable bonds is 9. The van der Waals surface area contributed by atoms with E-state index < -0.39 is 0 Å². The predicted octanol–water partition coefficient (Wildman–Crippen LogP) is 6.14. The number of carbonyl (C=O) groups excluding carboxylic acids is 1. The van der Waals surface area contributed by atoms with Gasteiger partial charge in [0, 0.05) is 11.1 Å². The minimum atomic E-state index is -0.219. The average molecular weight is 466 g/mol. The molecule has 35 heavy (non-hydrogen) atoms. The van der Waals surface area contributed by atoms with Gasteiger partial charge in [0.05, 0.1) is 23.5 Å². The van der Waals surface area contributed by atoms with E-state index in [1.807, 2.05) is 66.7 Å². The second kappa shape index (κ2) is 10.3. The summed E-state index contributed by atoms with van der Waals surface area (Å²) in [5, 5.41) is 15.6. The highest BCUT2D eigenvalue weighted by atomic mass is 16.5. The Hall–Kier alpha value is -4.26. The number of aromatic amines is 1. The summed E-state index contributed by atoms with van der Waals surface area (Å²) in [6, 6.07) is 24.8. The Morgan fingerprint density at radius 2 is 1.69 bits per heavy atom. The van der Waals surface area contributed by atoms with E-state index in [-0.39, 0.29) is 5.91 Å². The molecule has 0 amide bonds. The van der Waals surface area contributed by atoms with E-state index >= 15 is 0 Å². The van der Waals surface area contributed by atoms with E-state index in [0.717, 1.165) is 41.3 Å². The van der Waals surface area contributed by atoms with Crippen molar-refractivity contribution in [3.05, 3.63) is 84.4 Å². The summed E-state index contributed by atoms with van der Waals surface area (Å²) < 4.78 is 7.16. The largest absolute Gasteiger partial charge is 0.494 e. The number of H-pyrrole nitrogens is 1. The van der Waals surface area contributed by atoms with Crippen LogP contribution in [0.25, 0.3) is 33.5 Å². The zero-order chi connectivity index (χ0) is 24.0. The van der Waals surface area contributed by atoms with Crippen LogP contribution in [0.15, 0.2) is 78.9 Å². The number of hydrogen-bond acceptors (Lipinski definition) is 5. The van der Waals surface area contributed by atoms with Crippen LogP contribution >= 0.6 is 0 Å². The van der Waals surface area contributed by atoms with Gasteiger partial charge in [-0.15, -0.1) is 5.10 Å². The molecule has 0 spiro atoms. The Balaban J connectivity index is 1.25. The van der Waals surface area contributed by atoms with E-state index in [2.05, 4.69) is 27.4 Å². The van der Waals surface area contributed by atoms with Gasteiger partial charge in [-0.3, -0.25) is 9.89 Å². The number of benzene rings is 3. The zero-order valence-corrected chi connectivity index (χ0v) is 19.6. The van der Waals surface area contributed by atoms with Crippen LogP contribution < -0.4 is 4.74 Å². The predicted molar refractivity (Wildman–Crippen MR) is 136 cm³/mol. The molecule has 1 N–H and O–H groups in total. The number of nitrogens with zero attached hydrogens (tertiary/aromatic N) is 4. The maximum Gasteiger partial charge on any atom is 0.280 e. The van der Waals surface area contributed by atoms with Gasteiger partial charge in [0.2, 0.25) is 0 Å². The van der Waals surface area contributed by atoms with Crippen molar-refractivity contribution in [1.82, 2.24) is 25.2 Å². The molecule has 3 aromatic carbocycles. The first kappa shape index (κ1) is 22.5. The molecule has 0 saturated carbocycles. The van der Waals surface area contributed by atoms with Crippen LogP contribution in [-0.2, 0) is 0 Å². The van der Waals surface area contributed by atoms with Crippen molar-refractivity contribution >= 4 is 16.9 Å². The quantitative estimate of drug-likeness (QED) is 0.264. The van der Waals surface area contributed by atoms with Crippen molar-refractivity contribution in [1.29, 1.82) is 0 Å². The molecule has 0 atom stereocenters. The van der Waals surface area contributed by atoms with Crippen molar-refractivity contribution in [3.63, 3.8) is 0 Å². The fourth-order valence-corrected chi connectivity index (χ4v) is 3.99. The Kier molecular flexibility index (Phi) is 6.66. The number of hydrogen-bond donors (Lipinski definition) is 1. The Bertz CT molecular complexity index is 1420. The first-order chi connectivity index (χ1) is 17.2. The standard InChI is InChI=1S/C28H27N5O2/c1-2-3-4-7-18-35-23-16-14-21(15-17-23)26-19-25(29-30-26)20-10-12-22(13-11-20)28(34)33-27-9-6-5-8-24(27)31-32-33/h5-6,8-17,19H,2-4,7,18H2,1H3,(H,29,30). The number of unbranched alkanes of at least 4 members (excludes halogenated alkanes) is 3. The van der Waals surface area contributed by atoms with Crippen molar-refractivity contribution in [2.24, 2.45) is 0 Å². The SMILES string of the molecule is CCCCCCOc1ccc(-c2cc(-c3ccc(C(=O)n4nnc5ccccc54)cc3)[nH]n2)cc1. The highest BCUT2D eigenvalue weighted by molar-refractivity contribution is 6.00. The van der Waals surface area contributed by atoms with Gasteiger partial charge in [0.1, 0.15) is 11.3 Å². The molecule has 7 heteroatoms. The highest BCUT2D eigenvalue weighted by Crippen LogP contribution is 2.26. The normalized spacial score (nSPS) is 11.1. The fraction of sp³-hybridized carbons (Fsp3) is 0.214. The van der Waals surface area contributed by atoms with Crippen molar-refractivity contribution in [3.8, 4) is 28.3 Å². The number of fused-ring (bicyclic) bond motifs is 1. The molecule has 0 radical (unpaired) electrons. The summed E-state index contributed by atoms with van der Waals surface area (Å²) in [4.78, 5) is 12.9. The molecule has 5 aromatic rings. The summed E-state index contributed by atoms with van der Waals surface area (Å²) in [6.07, 6.45) is 4.76. The molecular weight excluding hydrogens is 438 g/mol. The number of para-hydroxylation sites is 1. The second-order valence-corrected chi connectivity index (χ2v) is 8.47. The number of carbonyl (C=O) groups is 1. The summed E-state index contributed by atoms with van der Waals surface area (Å²) in [6.45, 7) is 2.95. The van der Waals surface area contributed by atoms with Crippen LogP contribution in [-0.4, -0.2) is 37.7 Å². The van der Waals surface area contributed by atoms with Crippen LogP contribution in [0.4, 0.5) is 0 Å². The molecule has 7 nitrogen and oxygen atoms in total. The maximum atomic E-state index is 12.9. The molecule has 0 aliphatic carbocycles. The molecule has 0 saturated heterocycles. The second-order valence-electron chi connectivity index (χ2n) is 8.47. The van der Waals surface area contributed by atoms with Gasteiger partial charge < -0.3 is 4.74 Å². The average Bonchev–Trinajstić information content (AvgIpc) is 3.57. The van der Waals surface area contributed by atoms with Gasteiger partial charge >= 0.3 is 0 Å². The monoisotopic (exact) mass is 465 g/mol. The van der Waals surface area contributed by atoms with Crippen molar-refractivity contribution < 1.29 is 9.53 Å². The van der Waals surface area contributed by atoms with E-state index in [0.29, 0.717) is 16.6 Å². The third kappa shape index (κ3) is 4.99. The summed E-state index contributed by atoms with van der Waals surface area (Å²) >= 11 is 0. The molecular formula is C28H27N5O2. The van der Waals surface area contributed by atoms with E-state index in [1.54, 1.807) is 12.1 Å². The first-order valence-electron chi connectivity index (χ1n) is 12.0. The van der Waals surface area contributed by atoms with Gasteiger partial charge in [-0.2, -0.15) is 9.78 Å². The summed E-state index contributed by atoms with van der Waals surface area (Å²) in [5.74, 6) is 0.657. The van der Waals surface area contributed by atoms with E-state index in [1.165, 1.54) is 23.9 Å². The minimum absolute atomic E-state index is 0.219. The fourth-order valence-electron chi connectivity index (χ4n) is 3.99. The van der Waals surface area contributed by atoms with Gasteiger partial charge in [-0.1, -0.05) is 55.7 Å². The molecule has 0 bridgehead atoms. The van der Waals surface area contributed by atoms with Crippen LogP contribution in [0.5, 0.6) is 5.75 Å². The molecule has 0 unspecified atom stereocenters. The Labute approximate surface area is 203 Å². The topological polar surface area (TPSA) is 85.7 Å². The van der Waals surface area contributed by atoms with Crippen molar-refractivity contribution in [2.45, 2.75) is 32.6 Å². The molecule has 2 heterocycles. The third-order valence-electron chi connectivity index (χ3n) is 5.98. The first-order valence-corrected chi connectivity index (χ1v) is 12.0. The van der Waals surface area contributed by atoms with Crippen molar-refractivity contribution in [2.75, 3.05) is 6.61 Å². The Morgan fingerprint density at radius 1 is 0.914 bits per heavy atom. The molecule has 0 aliphatic heterocycles. The molecule has 5 rings (SSSR count). The van der Waals surface area contributed by atoms with Crippen LogP contribution in [0.2, 0.25) is 0 Å². The molecule has 0 aliphatic rings. The number of nitrogens with one attached hydrogen (secondary N) is 1. The van der Waals surface area contributed by atoms with E-state index in [9.17, 15) is 4.79 Å². The minimum Gasteiger partial charge on any atom is -0.494 e. The number of aromatic nitrogens is 5. The Morgan fingerprint density at radius 3 is 2.49 bits per heavy atom. The number of ether oxygens (including phenoxy) is 1. The van der Waals surface area contributed by atoms with Gasteiger partial charge in [0.25, 0.3) is 5.91 Å². The lowest BCUT2D eigenvalue weighted by Gasteiger charge is -2.06. The van der Waals surface area contributed by atoms with Gasteiger partial charge in [-0.25, -0.2) is 0 Å². The maximum absolute atomic E-state index is 12.9. The lowest BCUT2D eigenvalue weighted by molar-refractivity contribution is 0.0948. The summed E-state index contributed by atoms with van der Waals surface area (Å²) in [5.41, 5.74) is 5.59. The third-order valence-corrected chi connectivity index (χ3v) is 5.98. The van der Waals surface area contributed by atoms with Gasteiger partial charge in [-0.05, 0) is 66.6 Å². The van der Waals surface area contributed by atoms with Crippen LogP contribution in [0.1, 0.15) is 43.0 Å². The van der Waals surface area contributed by atoms with E-state index in [4.69, 9.17) is 4.74 Å². The summed E-state index contributed by atoms with van der Waals surface area (Å²) in [7, 11) is 0. The lowest BCUT2D eigenvalue weighted by atomic mass is 10.1. The molecule has 2 aromatic heterocycles. The van der Waals surface area contributed by atoms with Crippen LogP contribution in [0, 0.1) is 0 Å². The molecule has 0 fully saturated rings.